The lowest BCUT2D eigenvalue weighted by Crippen LogP contribution is -2.52. The van der Waals surface area contributed by atoms with Crippen LogP contribution in [0.5, 0.6) is 0 Å². The molecule has 1 fully saturated rings. The summed E-state index contributed by atoms with van der Waals surface area (Å²) in [6.45, 7) is 5.15. The van der Waals surface area contributed by atoms with E-state index in [9.17, 15) is 14.7 Å². The molecule has 1 unspecified atom stereocenters. The third-order valence-corrected chi connectivity index (χ3v) is 4.49. The fourth-order valence-corrected chi connectivity index (χ4v) is 2.92. The van der Waals surface area contributed by atoms with Gasteiger partial charge in [-0.2, -0.15) is 0 Å². The van der Waals surface area contributed by atoms with Gasteiger partial charge in [0.05, 0.1) is 16.6 Å². The van der Waals surface area contributed by atoms with Crippen molar-refractivity contribution in [2.24, 2.45) is 0 Å². The van der Waals surface area contributed by atoms with E-state index in [4.69, 9.17) is 4.52 Å². The SMILES string of the molecule is CCCC(C)(NC(=O)c1cc(C2CC2)nc2onc(C)c12)C(=O)O. The van der Waals surface area contributed by atoms with Gasteiger partial charge in [-0.25, -0.2) is 9.78 Å². The summed E-state index contributed by atoms with van der Waals surface area (Å²) < 4.78 is 5.23. The molecule has 24 heavy (non-hydrogen) atoms. The van der Waals surface area contributed by atoms with Crippen LogP contribution in [-0.2, 0) is 4.79 Å². The number of pyridine rings is 1. The maximum Gasteiger partial charge on any atom is 0.329 e. The van der Waals surface area contributed by atoms with Crippen molar-refractivity contribution in [3.8, 4) is 0 Å². The van der Waals surface area contributed by atoms with E-state index >= 15 is 0 Å². The molecule has 7 nitrogen and oxygen atoms in total. The Kier molecular flexibility index (Phi) is 4.03. The minimum atomic E-state index is -1.31. The van der Waals surface area contributed by atoms with Crippen LogP contribution in [0.15, 0.2) is 10.6 Å². The lowest BCUT2D eigenvalue weighted by atomic mass is 9.95. The average molecular weight is 331 g/mol. The summed E-state index contributed by atoms with van der Waals surface area (Å²) in [5.74, 6) is -1.14. The van der Waals surface area contributed by atoms with Gasteiger partial charge < -0.3 is 14.9 Å². The number of aromatic nitrogens is 2. The number of carbonyl (C=O) groups excluding carboxylic acids is 1. The van der Waals surface area contributed by atoms with Crippen LogP contribution in [0.3, 0.4) is 0 Å². The summed E-state index contributed by atoms with van der Waals surface area (Å²) in [5, 5.41) is 16.6. The first-order valence-corrected chi connectivity index (χ1v) is 8.18. The monoisotopic (exact) mass is 331 g/mol. The first-order valence-electron chi connectivity index (χ1n) is 8.18. The lowest BCUT2D eigenvalue weighted by molar-refractivity contribution is -0.144. The Bertz CT molecular complexity index is 810. The molecular weight excluding hydrogens is 310 g/mol. The molecule has 2 N–H and O–H groups in total. The minimum Gasteiger partial charge on any atom is -0.480 e. The highest BCUT2D eigenvalue weighted by molar-refractivity contribution is 6.07. The van der Waals surface area contributed by atoms with E-state index in [2.05, 4.69) is 15.5 Å². The fraction of sp³-hybridized carbons (Fsp3) is 0.529. The van der Waals surface area contributed by atoms with E-state index in [1.54, 1.807) is 13.0 Å². The summed E-state index contributed by atoms with van der Waals surface area (Å²) in [6, 6.07) is 1.74. The zero-order valence-electron chi connectivity index (χ0n) is 14.0. The first kappa shape index (κ1) is 16.4. The van der Waals surface area contributed by atoms with Crippen LogP contribution in [0.25, 0.3) is 11.1 Å². The fourth-order valence-electron chi connectivity index (χ4n) is 2.92. The number of amides is 1. The van der Waals surface area contributed by atoms with Crippen molar-refractivity contribution in [1.82, 2.24) is 15.5 Å². The smallest absolute Gasteiger partial charge is 0.329 e. The van der Waals surface area contributed by atoms with Crippen LogP contribution in [-0.4, -0.2) is 32.7 Å². The van der Waals surface area contributed by atoms with Gasteiger partial charge in [0, 0.05) is 11.6 Å². The van der Waals surface area contributed by atoms with E-state index in [0.717, 1.165) is 18.5 Å². The molecule has 0 aliphatic heterocycles. The van der Waals surface area contributed by atoms with Crippen molar-refractivity contribution in [2.75, 3.05) is 0 Å². The topological polar surface area (TPSA) is 105 Å². The molecule has 0 spiro atoms. The maximum atomic E-state index is 12.8. The summed E-state index contributed by atoms with van der Waals surface area (Å²) in [5.41, 5.74) is 0.763. The van der Waals surface area contributed by atoms with Gasteiger partial charge in [0.2, 0.25) is 0 Å². The van der Waals surface area contributed by atoms with Crippen molar-refractivity contribution in [2.45, 2.75) is 57.9 Å². The number of carboxylic acid groups (broad SMARTS) is 1. The number of hydrogen-bond acceptors (Lipinski definition) is 5. The Morgan fingerprint density at radius 3 is 2.75 bits per heavy atom. The van der Waals surface area contributed by atoms with E-state index < -0.39 is 17.4 Å². The number of fused-ring (bicyclic) bond motifs is 1. The summed E-state index contributed by atoms with van der Waals surface area (Å²) in [7, 11) is 0. The molecule has 2 heterocycles. The van der Waals surface area contributed by atoms with Crippen LogP contribution in [0.2, 0.25) is 0 Å². The second kappa shape index (κ2) is 5.89. The molecule has 7 heteroatoms. The minimum absolute atomic E-state index is 0.328. The Hall–Kier alpha value is -2.44. The molecular formula is C17H21N3O4. The van der Waals surface area contributed by atoms with E-state index in [1.165, 1.54) is 6.92 Å². The van der Waals surface area contributed by atoms with Crippen molar-refractivity contribution < 1.29 is 19.2 Å². The second-order valence-electron chi connectivity index (χ2n) is 6.66. The third-order valence-electron chi connectivity index (χ3n) is 4.49. The van der Waals surface area contributed by atoms with E-state index in [1.807, 2.05) is 6.92 Å². The quantitative estimate of drug-likeness (QED) is 0.843. The van der Waals surface area contributed by atoms with Crippen molar-refractivity contribution in [1.29, 1.82) is 0 Å². The lowest BCUT2D eigenvalue weighted by Gasteiger charge is -2.26. The van der Waals surface area contributed by atoms with Crippen LogP contribution < -0.4 is 5.32 Å². The van der Waals surface area contributed by atoms with E-state index in [0.29, 0.717) is 41.1 Å². The average Bonchev–Trinajstić information content (AvgIpc) is 3.31. The summed E-state index contributed by atoms with van der Waals surface area (Å²) in [6.07, 6.45) is 3.07. The Morgan fingerprint density at radius 1 is 1.46 bits per heavy atom. The van der Waals surface area contributed by atoms with Gasteiger partial charge in [0.1, 0.15) is 5.54 Å². The maximum absolute atomic E-state index is 12.8. The van der Waals surface area contributed by atoms with Gasteiger partial charge in [0.15, 0.2) is 0 Å². The number of aliphatic carboxylic acids is 1. The molecule has 2 aromatic rings. The molecule has 3 rings (SSSR count). The molecule has 0 saturated heterocycles. The normalized spacial score (nSPS) is 16.8. The molecule has 0 radical (unpaired) electrons. The molecule has 0 aromatic carbocycles. The molecule has 2 aromatic heterocycles. The highest BCUT2D eigenvalue weighted by Crippen LogP contribution is 2.40. The standard InChI is InChI=1S/C17H21N3O4/c1-4-7-17(3,16(22)23)19-14(21)11-8-12(10-5-6-10)18-15-13(11)9(2)20-24-15/h8,10H,4-7H2,1-3H3,(H,19,21)(H,22,23). The predicted octanol–water partition coefficient (Wildman–Crippen LogP) is 2.78. The molecule has 128 valence electrons. The number of nitrogens with zero attached hydrogens (tertiary/aromatic N) is 2. The Morgan fingerprint density at radius 2 is 2.17 bits per heavy atom. The molecule has 1 atom stereocenters. The second-order valence-corrected chi connectivity index (χ2v) is 6.66. The molecule has 1 amide bonds. The van der Waals surface area contributed by atoms with Gasteiger partial charge in [-0.1, -0.05) is 18.5 Å². The first-order chi connectivity index (χ1) is 11.4. The van der Waals surface area contributed by atoms with Gasteiger partial charge in [-0.15, -0.1) is 0 Å². The van der Waals surface area contributed by atoms with Crippen LogP contribution in [0.4, 0.5) is 0 Å². The van der Waals surface area contributed by atoms with Gasteiger partial charge in [0.25, 0.3) is 11.6 Å². The van der Waals surface area contributed by atoms with E-state index in [-0.39, 0.29) is 0 Å². The van der Waals surface area contributed by atoms with Crippen LogP contribution in [0.1, 0.15) is 67.2 Å². The van der Waals surface area contributed by atoms with Gasteiger partial charge in [-0.05, 0) is 39.2 Å². The molecule has 1 aliphatic carbocycles. The molecule has 0 bridgehead atoms. The number of hydrogen-bond donors (Lipinski definition) is 2. The summed E-state index contributed by atoms with van der Waals surface area (Å²) in [4.78, 5) is 28.9. The predicted molar refractivity (Wildman–Crippen MR) is 86.9 cm³/mol. The Labute approximate surface area is 139 Å². The van der Waals surface area contributed by atoms with Gasteiger partial charge in [-0.3, -0.25) is 4.79 Å². The zero-order chi connectivity index (χ0) is 17.5. The molecule has 1 aliphatic rings. The highest BCUT2D eigenvalue weighted by Gasteiger charge is 2.35. The number of nitrogens with one attached hydrogen (secondary N) is 1. The third kappa shape index (κ3) is 2.86. The van der Waals surface area contributed by atoms with Gasteiger partial charge >= 0.3 is 5.97 Å². The summed E-state index contributed by atoms with van der Waals surface area (Å²) >= 11 is 0. The van der Waals surface area contributed by atoms with Crippen LogP contribution in [0, 0.1) is 6.92 Å². The largest absolute Gasteiger partial charge is 0.480 e. The Balaban J connectivity index is 2.02. The highest BCUT2D eigenvalue weighted by atomic mass is 16.5. The number of rotatable bonds is 6. The van der Waals surface area contributed by atoms with Crippen molar-refractivity contribution >= 4 is 23.0 Å². The van der Waals surface area contributed by atoms with Crippen molar-refractivity contribution in [3.63, 3.8) is 0 Å². The molecule has 1 saturated carbocycles. The number of carbonyl (C=O) groups is 2. The number of carboxylic acids is 1. The number of aryl methyl sites for hydroxylation is 1. The zero-order valence-corrected chi connectivity index (χ0v) is 14.0. The van der Waals surface area contributed by atoms with Crippen LogP contribution >= 0.6 is 0 Å². The van der Waals surface area contributed by atoms with Crippen molar-refractivity contribution in [3.05, 3.63) is 23.0 Å².